The van der Waals surface area contributed by atoms with Crippen LogP contribution in [0.4, 0.5) is 0 Å². The Labute approximate surface area is 154 Å². The summed E-state index contributed by atoms with van der Waals surface area (Å²) in [5.74, 6) is 2.69. The third kappa shape index (κ3) is 3.37. The zero-order chi connectivity index (χ0) is 18.3. The molecule has 6 heteroatoms. The molecular formula is C20H26N2O4. The third-order valence-electron chi connectivity index (χ3n) is 5.46. The van der Waals surface area contributed by atoms with Crippen LogP contribution in [0.5, 0.6) is 11.5 Å². The van der Waals surface area contributed by atoms with Crippen molar-refractivity contribution in [3.63, 3.8) is 0 Å². The summed E-state index contributed by atoms with van der Waals surface area (Å²) in [4.78, 5) is 28.8. The Kier molecular flexibility index (Phi) is 4.51. The molecule has 1 aromatic rings. The van der Waals surface area contributed by atoms with Crippen molar-refractivity contribution in [3.8, 4) is 11.5 Å². The minimum Gasteiger partial charge on any atom is -0.454 e. The van der Waals surface area contributed by atoms with Crippen LogP contribution in [0, 0.1) is 11.8 Å². The maximum absolute atomic E-state index is 12.8. The van der Waals surface area contributed by atoms with Crippen molar-refractivity contribution in [1.82, 2.24) is 9.80 Å². The first-order valence-electron chi connectivity index (χ1n) is 9.49. The van der Waals surface area contributed by atoms with Gasteiger partial charge in [-0.3, -0.25) is 9.59 Å². The Morgan fingerprint density at radius 1 is 1.08 bits per heavy atom. The number of benzene rings is 1. The predicted octanol–water partition coefficient (Wildman–Crippen LogP) is 2.24. The van der Waals surface area contributed by atoms with E-state index in [1.807, 2.05) is 28.0 Å². The summed E-state index contributed by atoms with van der Waals surface area (Å²) >= 11 is 0. The molecule has 1 aromatic carbocycles. The Balaban J connectivity index is 1.31. The van der Waals surface area contributed by atoms with E-state index in [1.165, 1.54) is 0 Å². The van der Waals surface area contributed by atoms with Gasteiger partial charge >= 0.3 is 0 Å². The van der Waals surface area contributed by atoms with Crippen LogP contribution in [0.2, 0.25) is 0 Å². The number of nitrogens with zero attached hydrogens (tertiary/aromatic N) is 2. The molecule has 0 bridgehead atoms. The Morgan fingerprint density at radius 2 is 1.77 bits per heavy atom. The monoisotopic (exact) mass is 358 g/mol. The number of ether oxygens (including phenoxy) is 2. The lowest BCUT2D eigenvalue weighted by atomic mass is 10.1. The zero-order valence-electron chi connectivity index (χ0n) is 15.4. The first-order chi connectivity index (χ1) is 12.5. The quantitative estimate of drug-likeness (QED) is 0.828. The molecule has 1 saturated carbocycles. The minimum atomic E-state index is 0.0632. The van der Waals surface area contributed by atoms with E-state index in [2.05, 4.69) is 13.8 Å². The van der Waals surface area contributed by atoms with E-state index in [4.69, 9.17) is 9.47 Å². The first kappa shape index (κ1) is 17.2. The van der Waals surface area contributed by atoms with Gasteiger partial charge in [0.2, 0.25) is 18.6 Å². The van der Waals surface area contributed by atoms with Gasteiger partial charge in [0.15, 0.2) is 11.5 Å². The molecule has 1 aliphatic carbocycles. The summed E-state index contributed by atoms with van der Waals surface area (Å²) in [6.07, 6.45) is 1.48. The Hall–Kier alpha value is -2.24. The van der Waals surface area contributed by atoms with Gasteiger partial charge in [0.25, 0.3) is 0 Å². The SMILES string of the molecule is CC(C)CC(=O)N1CCN(C(=O)C2CC2c2ccc3c(c2)OCO3)CC1. The summed E-state index contributed by atoms with van der Waals surface area (Å²) in [5.41, 5.74) is 1.15. The molecule has 1 saturated heterocycles. The highest BCUT2D eigenvalue weighted by Gasteiger charge is 2.46. The van der Waals surface area contributed by atoms with E-state index in [1.54, 1.807) is 0 Å². The van der Waals surface area contributed by atoms with Crippen LogP contribution in [0.15, 0.2) is 18.2 Å². The van der Waals surface area contributed by atoms with E-state index in [9.17, 15) is 9.59 Å². The maximum atomic E-state index is 12.8. The molecule has 140 valence electrons. The van der Waals surface area contributed by atoms with Crippen molar-refractivity contribution < 1.29 is 19.1 Å². The number of carbonyl (C=O) groups is 2. The summed E-state index contributed by atoms with van der Waals surface area (Å²) < 4.78 is 10.8. The minimum absolute atomic E-state index is 0.0632. The van der Waals surface area contributed by atoms with Gasteiger partial charge in [-0.2, -0.15) is 0 Å². The number of fused-ring (bicyclic) bond motifs is 1. The van der Waals surface area contributed by atoms with Crippen molar-refractivity contribution in [2.75, 3.05) is 33.0 Å². The zero-order valence-corrected chi connectivity index (χ0v) is 15.4. The molecule has 2 atom stereocenters. The van der Waals surface area contributed by atoms with Crippen LogP contribution in [-0.4, -0.2) is 54.6 Å². The molecule has 0 radical (unpaired) electrons. The van der Waals surface area contributed by atoms with E-state index in [-0.39, 0.29) is 30.4 Å². The highest BCUT2D eigenvalue weighted by Crippen LogP contribution is 2.50. The fraction of sp³-hybridized carbons (Fsp3) is 0.600. The largest absolute Gasteiger partial charge is 0.454 e. The summed E-state index contributed by atoms with van der Waals surface area (Å²) in [6, 6.07) is 5.97. The second kappa shape index (κ2) is 6.82. The molecule has 2 heterocycles. The van der Waals surface area contributed by atoms with E-state index in [0.717, 1.165) is 23.5 Å². The van der Waals surface area contributed by atoms with Crippen molar-refractivity contribution in [3.05, 3.63) is 23.8 Å². The molecule has 2 fully saturated rings. The lowest BCUT2D eigenvalue weighted by Crippen LogP contribution is -2.51. The van der Waals surface area contributed by atoms with E-state index >= 15 is 0 Å². The van der Waals surface area contributed by atoms with Crippen molar-refractivity contribution in [2.45, 2.75) is 32.6 Å². The van der Waals surface area contributed by atoms with Gasteiger partial charge < -0.3 is 19.3 Å². The Bertz CT molecular complexity index is 710. The molecule has 2 aliphatic heterocycles. The Morgan fingerprint density at radius 3 is 2.50 bits per heavy atom. The number of amides is 2. The maximum Gasteiger partial charge on any atom is 0.231 e. The number of piperazine rings is 1. The average Bonchev–Trinajstić information content (AvgIpc) is 3.29. The second-order valence-electron chi connectivity index (χ2n) is 7.87. The second-order valence-corrected chi connectivity index (χ2v) is 7.87. The van der Waals surface area contributed by atoms with Gasteiger partial charge in [0.05, 0.1) is 0 Å². The molecule has 2 unspecified atom stereocenters. The number of carbonyl (C=O) groups excluding carboxylic acids is 2. The van der Waals surface area contributed by atoms with Crippen LogP contribution in [-0.2, 0) is 9.59 Å². The number of rotatable bonds is 4. The van der Waals surface area contributed by atoms with Gasteiger partial charge in [-0.1, -0.05) is 19.9 Å². The van der Waals surface area contributed by atoms with Gasteiger partial charge in [-0.05, 0) is 36.0 Å². The van der Waals surface area contributed by atoms with Crippen LogP contribution in [0.25, 0.3) is 0 Å². The van der Waals surface area contributed by atoms with Crippen molar-refractivity contribution in [2.24, 2.45) is 11.8 Å². The molecule has 3 aliphatic rings. The average molecular weight is 358 g/mol. The molecule has 4 rings (SSSR count). The normalized spacial score (nSPS) is 24.1. The van der Waals surface area contributed by atoms with Crippen LogP contribution in [0.1, 0.15) is 38.2 Å². The summed E-state index contributed by atoms with van der Waals surface area (Å²) in [5, 5.41) is 0. The van der Waals surface area contributed by atoms with Gasteiger partial charge in [0, 0.05) is 38.5 Å². The lowest BCUT2D eigenvalue weighted by molar-refractivity contribution is -0.140. The third-order valence-corrected chi connectivity index (χ3v) is 5.46. The molecule has 0 N–H and O–H groups in total. The topological polar surface area (TPSA) is 59.1 Å². The van der Waals surface area contributed by atoms with E-state index < -0.39 is 0 Å². The highest BCUT2D eigenvalue weighted by molar-refractivity contribution is 5.83. The van der Waals surface area contributed by atoms with E-state index in [0.29, 0.717) is 38.5 Å². The number of hydrogen-bond donors (Lipinski definition) is 0. The summed E-state index contributed by atoms with van der Waals surface area (Å²) in [7, 11) is 0. The fourth-order valence-electron chi connectivity index (χ4n) is 3.87. The molecule has 6 nitrogen and oxygen atoms in total. The summed E-state index contributed by atoms with van der Waals surface area (Å²) in [6.45, 7) is 6.98. The molecule has 2 amide bonds. The van der Waals surface area contributed by atoms with Gasteiger partial charge in [0.1, 0.15) is 0 Å². The van der Waals surface area contributed by atoms with Crippen molar-refractivity contribution in [1.29, 1.82) is 0 Å². The predicted molar refractivity (Wildman–Crippen MR) is 96.0 cm³/mol. The van der Waals surface area contributed by atoms with Crippen LogP contribution < -0.4 is 9.47 Å². The number of hydrogen-bond acceptors (Lipinski definition) is 4. The van der Waals surface area contributed by atoms with Crippen molar-refractivity contribution >= 4 is 11.8 Å². The van der Waals surface area contributed by atoms with Crippen LogP contribution >= 0.6 is 0 Å². The fourth-order valence-corrected chi connectivity index (χ4v) is 3.87. The molecule has 26 heavy (non-hydrogen) atoms. The van der Waals surface area contributed by atoms with Gasteiger partial charge in [-0.15, -0.1) is 0 Å². The highest BCUT2D eigenvalue weighted by atomic mass is 16.7. The molecular weight excluding hydrogens is 332 g/mol. The molecule has 0 spiro atoms. The van der Waals surface area contributed by atoms with Crippen LogP contribution in [0.3, 0.4) is 0 Å². The van der Waals surface area contributed by atoms with Gasteiger partial charge in [-0.25, -0.2) is 0 Å². The standard InChI is InChI=1S/C20H26N2O4/c1-13(2)9-19(23)21-5-7-22(8-6-21)20(24)16-11-15(16)14-3-4-17-18(10-14)26-12-25-17/h3-4,10,13,15-16H,5-9,11-12H2,1-2H3. The smallest absolute Gasteiger partial charge is 0.231 e. The molecule has 0 aromatic heterocycles. The lowest BCUT2D eigenvalue weighted by Gasteiger charge is -2.35. The first-order valence-corrected chi connectivity index (χ1v) is 9.49.